The lowest BCUT2D eigenvalue weighted by Crippen LogP contribution is -2.32. The molecule has 2 aromatic carbocycles. The summed E-state index contributed by atoms with van der Waals surface area (Å²) in [5, 5.41) is 0.116. The molecule has 1 aliphatic rings. The second kappa shape index (κ2) is 10.2. The van der Waals surface area contributed by atoms with E-state index in [0.29, 0.717) is 22.3 Å². The number of esters is 2. The molecule has 1 aliphatic heterocycles. The van der Waals surface area contributed by atoms with Crippen LogP contribution in [0.25, 0.3) is 11.2 Å². The number of nitrogen functional groups attached to an aromatic ring is 1. The molecular formula is C26H24ClN5O5. The Labute approximate surface area is 217 Å². The van der Waals surface area contributed by atoms with Crippen molar-refractivity contribution in [1.29, 1.82) is 0 Å². The topological polar surface area (TPSA) is 131 Å². The molecule has 0 unspecified atom stereocenters. The van der Waals surface area contributed by atoms with Crippen LogP contribution in [-0.2, 0) is 14.2 Å². The van der Waals surface area contributed by atoms with Crippen molar-refractivity contribution in [2.75, 3.05) is 12.3 Å². The number of carbonyl (C=O) groups excluding carboxylic acids is 2. The lowest BCUT2D eigenvalue weighted by Gasteiger charge is -2.19. The number of aromatic nitrogens is 4. The molecule has 1 saturated heterocycles. The van der Waals surface area contributed by atoms with E-state index >= 15 is 0 Å². The predicted molar refractivity (Wildman–Crippen MR) is 135 cm³/mol. The number of carbonyl (C=O) groups is 2. The van der Waals surface area contributed by atoms with E-state index in [1.165, 1.54) is 6.33 Å². The highest BCUT2D eigenvalue weighted by Gasteiger charge is 2.40. The van der Waals surface area contributed by atoms with Crippen LogP contribution in [0.4, 0.5) is 5.95 Å². The van der Waals surface area contributed by atoms with Crippen molar-refractivity contribution in [1.82, 2.24) is 19.5 Å². The second-order valence-corrected chi connectivity index (χ2v) is 9.19. The first kappa shape index (κ1) is 24.7. The van der Waals surface area contributed by atoms with E-state index in [1.807, 2.05) is 38.1 Å². The number of anilines is 1. The Kier molecular flexibility index (Phi) is 6.77. The van der Waals surface area contributed by atoms with Gasteiger partial charge in [0.1, 0.15) is 30.6 Å². The first-order chi connectivity index (χ1) is 17.8. The van der Waals surface area contributed by atoms with Gasteiger partial charge in [-0.2, -0.15) is 9.97 Å². The van der Waals surface area contributed by atoms with Crippen LogP contribution in [0.2, 0.25) is 5.15 Å². The van der Waals surface area contributed by atoms with Crippen LogP contribution in [0.1, 0.15) is 44.5 Å². The number of aryl methyl sites for hydroxylation is 2. The van der Waals surface area contributed by atoms with Gasteiger partial charge in [-0.25, -0.2) is 14.6 Å². The monoisotopic (exact) mass is 521 g/mol. The van der Waals surface area contributed by atoms with Crippen molar-refractivity contribution in [3.63, 3.8) is 0 Å². The largest absolute Gasteiger partial charge is 0.459 e. The van der Waals surface area contributed by atoms with Gasteiger partial charge >= 0.3 is 11.9 Å². The summed E-state index contributed by atoms with van der Waals surface area (Å²) in [6, 6.07) is 14.1. The minimum absolute atomic E-state index is 0.0110. The molecule has 0 radical (unpaired) electrons. The number of nitrogens with zero attached hydrogens (tertiary/aromatic N) is 4. The Balaban J connectivity index is 1.37. The van der Waals surface area contributed by atoms with E-state index in [0.717, 1.165) is 11.1 Å². The van der Waals surface area contributed by atoms with E-state index in [4.69, 9.17) is 31.5 Å². The van der Waals surface area contributed by atoms with E-state index < -0.39 is 30.4 Å². The molecule has 3 atom stereocenters. The molecule has 10 nitrogen and oxygen atoms in total. The Bertz CT molecular complexity index is 1460. The summed E-state index contributed by atoms with van der Waals surface area (Å²) in [7, 11) is 0. The second-order valence-electron chi connectivity index (χ2n) is 8.84. The fourth-order valence-electron chi connectivity index (χ4n) is 4.08. The van der Waals surface area contributed by atoms with E-state index in [9.17, 15) is 9.59 Å². The first-order valence-electron chi connectivity index (χ1n) is 11.6. The van der Waals surface area contributed by atoms with Crippen molar-refractivity contribution in [2.24, 2.45) is 0 Å². The van der Waals surface area contributed by atoms with E-state index in [1.54, 1.807) is 28.8 Å². The molecule has 2 N–H and O–H groups in total. The normalized spacial score (nSPS) is 19.2. The molecule has 37 heavy (non-hydrogen) atoms. The average Bonchev–Trinajstić information content (AvgIpc) is 3.47. The predicted octanol–water partition coefficient (Wildman–Crippen LogP) is 4.05. The van der Waals surface area contributed by atoms with Crippen LogP contribution in [0, 0.1) is 13.8 Å². The molecule has 3 heterocycles. The smallest absolute Gasteiger partial charge is 0.338 e. The molecule has 1 fully saturated rings. The zero-order valence-electron chi connectivity index (χ0n) is 20.1. The number of imidazole rings is 1. The Morgan fingerprint density at radius 2 is 1.65 bits per heavy atom. The Morgan fingerprint density at radius 3 is 2.30 bits per heavy atom. The fourth-order valence-corrected chi connectivity index (χ4v) is 4.30. The number of hydrogen-bond donors (Lipinski definition) is 1. The summed E-state index contributed by atoms with van der Waals surface area (Å²) in [5.74, 6) is -1.02. The fraction of sp³-hybridized carbons (Fsp3) is 0.269. The first-order valence-corrected chi connectivity index (χ1v) is 12.0. The van der Waals surface area contributed by atoms with Crippen LogP contribution < -0.4 is 5.73 Å². The summed E-state index contributed by atoms with van der Waals surface area (Å²) >= 11 is 6.17. The maximum atomic E-state index is 12.9. The Hall–Kier alpha value is -4.02. The van der Waals surface area contributed by atoms with Gasteiger partial charge in [-0.15, -0.1) is 0 Å². The summed E-state index contributed by atoms with van der Waals surface area (Å²) in [6.45, 7) is 3.74. The third kappa shape index (κ3) is 5.25. The molecule has 190 valence electrons. The minimum Gasteiger partial charge on any atom is -0.459 e. The highest BCUT2D eigenvalue weighted by atomic mass is 35.5. The van der Waals surface area contributed by atoms with Crippen LogP contribution in [0.3, 0.4) is 0 Å². The maximum absolute atomic E-state index is 12.9. The molecule has 11 heteroatoms. The number of halogens is 1. The number of ether oxygens (including phenoxy) is 3. The third-order valence-electron chi connectivity index (χ3n) is 6.10. The van der Waals surface area contributed by atoms with Gasteiger partial charge < -0.3 is 19.9 Å². The van der Waals surface area contributed by atoms with Gasteiger partial charge in [0.2, 0.25) is 5.95 Å². The minimum atomic E-state index is -0.735. The molecule has 0 aliphatic carbocycles. The maximum Gasteiger partial charge on any atom is 0.338 e. The molecule has 4 aromatic rings. The zero-order chi connectivity index (χ0) is 26.1. The van der Waals surface area contributed by atoms with Gasteiger partial charge in [0.05, 0.1) is 17.5 Å². The SMILES string of the molecule is Cc1ccc(C(=O)OC[C@H]2O[C@@H](n3cnc4c(Cl)nc(N)nc43)C[C@H]2OC(=O)c2ccc(C)cc2)cc1. The van der Waals surface area contributed by atoms with Crippen molar-refractivity contribution >= 4 is 40.7 Å². The third-order valence-corrected chi connectivity index (χ3v) is 6.36. The zero-order valence-corrected chi connectivity index (χ0v) is 20.9. The van der Waals surface area contributed by atoms with Gasteiger partial charge in [0.25, 0.3) is 0 Å². The molecule has 0 amide bonds. The van der Waals surface area contributed by atoms with Gasteiger partial charge in [0, 0.05) is 6.42 Å². The standard InChI is InChI=1S/C26H24ClN5O5/c1-14-3-7-16(8-4-14)24(33)35-12-19-18(37-25(34)17-9-5-15(2)6-10-17)11-20(36-19)32-13-29-21-22(27)30-26(28)31-23(21)32/h3-10,13,18-20H,11-12H2,1-2H3,(H2,28,30,31)/t18-,19-,20-/m1/s1. The number of hydrogen-bond acceptors (Lipinski definition) is 9. The summed E-state index contributed by atoms with van der Waals surface area (Å²) in [6.07, 6.45) is -0.307. The van der Waals surface area contributed by atoms with Crippen LogP contribution in [-0.4, -0.2) is 50.3 Å². The van der Waals surface area contributed by atoms with Crippen molar-refractivity contribution in [3.05, 3.63) is 82.3 Å². The van der Waals surface area contributed by atoms with E-state index in [2.05, 4.69) is 15.0 Å². The lowest BCUT2D eigenvalue weighted by molar-refractivity contribution is -0.0563. The summed E-state index contributed by atoms with van der Waals surface area (Å²) in [5.41, 5.74) is 9.39. The lowest BCUT2D eigenvalue weighted by atomic mass is 10.1. The molecule has 5 rings (SSSR count). The number of fused-ring (bicyclic) bond motifs is 1. The average molecular weight is 522 g/mol. The number of nitrogens with two attached hydrogens (primary N) is 1. The summed E-state index contributed by atoms with van der Waals surface area (Å²) in [4.78, 5) is 37.9. The van der Waals surface area contributed by atoms with Gasteiger partial charge in [0.15, 0.2) is 10.8 Å². The Morgan fingerprint density at radius 1 is 1.03 bits per heavy atom. The summed E-state index contributed by atoms with van der Waals surface area (Å²) < 4.78 is 19.2. The van der Waals surface area contributed by atoms with Crippen molar-refractivity contribution < 1.29 is 23.8 Å². The highest BCUT2D eigenvalue weighted by molar-refractivity contribution is 6.33. The van der Waals surface area contributed by atoms with Crippen molar-refractivity contribution in [3.8, 4) is 0 Å². The van der Waals surface area contributed by atoms with Crippen LogP contribution >= 0.6 is 11.6 Å². The van der Waals surface area contributed by atoms with Gasteiger partial charge in [-0.1, -0.05) is 47.0 Å². The molecule has 2 aromatic heterocycles. The molecular weight excluding hydrogens is 498 g/mol. The van der Waals surface area contributed by atoms with Gasteiger partial charge in [-0.05, 0) is 38.1 Å². The quantitative estimate of drug-likeness (QED) is 0.295. The number of rotatable bonds is 6. The number of benzene rings is 2. The molecule has 0 saturated carbocycles. The van der Waals surface area contributed by atoms with Crippen LogP contribution in [0.15, 0.2) is 54.9 Å². The molecule has 0 spiro atoms. The van der Waals surface area contributed by atoms with Gasteiger partial charge in [-0.3, -0.25) is 4.57 Å². The van der Waals surface area contributed by atoms with E-state index in [-0.39, 0.29) is 24.1 Å². The van der Waals surface area contributed by atoms with Crippen molar-refractivity contribution in [2.45, 2.75) is 38.7 Å². The van der Waals surface area contributed by atoms with Crippen LogP contribution in [0.5, 0.6) is 0 Å². The highest BCUT2D eigenvalue weighted by Crippen LogP contribution is 2.34. The molecule has 0 bridgehead atoms.